The lowest BCUT2D eigenvalue weighted by molar-refractivity contribution is -0.211. The highest BCUT2D eigenvalue weighted by atomic mass is 79.9. The van der Waals surface area contributed by atoms with Gasteiger partial charge in [0.25, 0.3) is 5.91 Å². The van der Waals surface area contributed by atoms with Crippen LogP contribution in [0.2, 0.25) is 0 Å². The number of carbonyl (C=O) groups is 1. The highest BCUT2D eigenvalue weighted by molar-refractivity contribution is 9.10. The average Bonchev–Trinajstić information content (AvgIpc) is 3.61. The van der Waals surface area contributed by atoms with Crippen LogP contribution >= 0.6 is 15.9 Å². The van der Waals surface area contributed by atoms with Crippen LogP contribution in [0.25, 0.3) is 11.3 Å². The van der Waals surface area contributed by atoms with Gasteiger partial charge in [-0.05, 0) is 49.6 Å². The van der Waals surface area contributed by atoms with Crippen LogP contribution in [-0.4, -0.2) is 86.5 Å². The number of anilines is 1. The van der Waals surface area contributed by atoms with E-state index in [9.17, 15) is 34.2 Å². The van der Waals surface area contributed by atoms with Gasteiger partial charge in [0.1, 0.15) is 41.7 Å². The number of rotatable bonds is 7. The predicted octanol–water partition coefficient (Wildman–Crippen LogP) is 2.48. The zero-order chi connectivity index (χ0) is 30.1. The van der Waals surface area contributed by atoms with Crippen molar-refractivity contribution in [3.63, 3.8) is 0 Å². The Labute approximate surface area is 248 Å². The molecule has 2 heterocycles. The number of amides is 1. The second-order valence-electron chi connectivity index (χ2n) is 10.3. The Morgan fingerprint density at radius 3 is 2.57 bits per heavy atom. The van der Waals surface area contributed by atoms with Crippen LogP contribution in [0, 0.1) is 23.0 Å². The van der Waals surface area contributed by atoms with Gasteiger partial charge in [-0.3, -0.25) is 4.79 Å². The van der Waals surface area contributed by atoms with Gasteiger partial charge in [0.15, 0.2) is 6.10 Å². The van der Waals surface area contributed by atoms with Gasteiger partial charge >= 0.3 is 0 Å². The molecule has 1 aromatic heterocycles. The van der Waals surface area contributed by atoms with Crippen molar-refractivity contribution in [2.45, 2.75) is 61.9 Å². The number of methoxy groups -OCH3 is 1. The molecule has 5 rings (SSSR count). The van der Waals surface area contributed by atoms with Gasteiger partial charge < -0.3 is 29.7 Å². The first-order valence-corrected chi connectivity index (χ1v) is 14.0. The van der Waals surface area contributed by atoms with E-state index in [0.717, 1.165) is 18.2 Å². The number of carbonyl (C=O) groups excluding carboxylic acids is 1. The number of hydrogen-bond donors (Lipinski definition) is 3. The molecule has 0 unspecified atom stereocenters. The summed E-state index contributed by atoms with van der Waals surface area (Å²) in [4.78, 5) is 15.8. The summed E-state index contributed by atoms with van der Waals surface area (Å²) >= 11 is 3.38. The smallest absolute Gasteiger partial charge is 0.259 e. The molecule has 1 amide bonds. The van der Waals surface area contributed by atoms with Crippen LogP contribution in [0.3, 0.4) is 0 Å². The molecule has 11 nitrogen and oxygen atoms in total. The van der Waals surface area contributed by atoms with Crippen molar-refractivity contribution in [1.82, 2.24) is 15.0 Å². The fourth-order valence-electron chi connectivity index (χ4n) is 5.73. The Bertz CT molecular complexity index is 1480. The Hall–Kier alpha value is -3.32. The average molecular weight is 648 g/mol. The van der Waals surface area contributed by atoms with E-state index < -0.39 is 66.8 Å². The molecule has 0 bridgehead atoms. The molecule has 1 aliphatic carbocycles. The van der Waals surface area contributed by atoms with E-state index in [2.05, 4.69) is 32.3 Å². The highest BCUT2D eigenvalue weighted by Crippen LogP contribution is 2.37. The topological polar surface area (TPSA) is 154 Å². The minimum Gasteiger partial charge on any atom is -0.394 e. The fraction of sp³-hybridized carbons (Fsp3) is 0.429. The van der Waals surface area contributed by atoms with Gasteiger partial charge in [-0.15, -0.1) is 5.10 Å². The summed E-state index contributed by atoms with van der Waals surface area (Å²) in [6, 6.07) is 7.93. The number of halogens is 3. The zero-order valence-corrected chi connectivity index (χ0v) is 23.9. The second kappa shape index (κ2) is 12.5. The lowest BCUT2D eigenvalue weighted by atomic mass is 9.91. The summed E-state index contributed by atoms with van der Waals surface area (Å²) in [6.45, 7) is -0.657. The number of hydrogen-bond acceptors (Lipinski definition) is 9. The van der Waals surface area contributed by atoms with Gasteiger partial charge in [0.2, 0.25) is 0 Å². The molecule has 0 spiro atoms. The van der Waals surface area contributed by atoms with E-state index in [1.54, 1.807) is 12.1 Å². The summed E-state index contributed by atoms with van der Waals surface area (Å²) in [6.07, 6.45) is -3.14. The third-order valence-corrected chi connectivity index (χ3v) is 8.12. The number of aromatic nitrogens is 3. The standard InChI is InChI=1S/C28H28BrF2N5O6/c1-41-26-24(35-12-20(33-34-35)15-7-17(30)10-18(31)8-15)25(39)23(13-37)42-27(26)28(40)36(21-3-2-4-22(21)38)19-6-14(11-32)5-16(29)9-19/h5-10,12,21-27,37-39H,2-4,13H2,1H3/t21-,22-,23-,24+,25+,26-,27-/m1/s1. The molecule has 3 aromatic rings. The van der Waals surface area contributed by atoms with E-state index in [1.807, 2.05) is 0 Å². The lowest BCUT2D eigenvalue weighted by Gasteiger charge is -2.45. The van der Waals surface area contributed by atoms with Gasteiger partial charge in [-0.1, -0.05) is 21.1 Å². The van der Waals surface area contributed by atoms with Crippen molar-refractivity contribution in [2.75, 3.05) is 18.6 Å². The molecule has 2 aliphatic rings. The molecule has 14 heteroatoms. The number of benzene rings is 2. The van der Waals surface area contributed by atoms with Crippen molar-refractivity contribution >= 4 is 27.5 Å². The van der Waals surface area contributed by atoms with Crippen LogP contribution in [0.1, 0.15) is 30.9 Å². The Balaban J connectivity index is 1.55. The van der Waals surface area contributed by atoms with Crippen molar-refractivity contribution < 1.29 is 38.4 Å². The largest absolute Gasteiger partial charge is 0.394 e. The maximum Gasteiger partial charge on any atom is 0.259 e. The number of aliphatic hydroxyl groups is 3. The van der Waals surface area contributed by atoms with Crippen molar-refractivity contribution in [2.24, 2.45) is 0 Å². The van der Waals surface area contributed by atoms with Crippen LogP contribution in [0.5, 0.6) is 0 Å². The number of nitriles is 1. The quantitative estimate of drug-likeness (QED) is 0.351. The molecule has 2 aromatic carbocycles. The van der Waals surface area contributed by atoms with E-state index in [4.69, 9.17) is 9.47 Å². The molecule has 0 radical (unpaired) electrons. The molecule has 3 N–H and O–H groups in total. The molecule has 222 valence electrons. The van der Waals surface area contributed by atoms with E-state index in [0.29, 0.717) is 29.4 Å². The van der Waals surface area contributed by atoms with E-state index in [1.165, 1.54) is 29.0 Å². The van der Waals surface area contributed by atoms with Crippen molar-refractivity contribution in [3.8, 4) is 17.3 Å². The highest BCUT2D eigenvalue weighted by Gasteiger charge is 2.52. The number of aliphatic hydroxyl groups excluding tert-OH is 3. The summed E-state index contributed by atoms with van der Waals surface area (Å²) in [5.74, 6) is -2.25. The number of nitrogens with zero attached hydrogens (tertiary/aromatic N) is 5. The molecule has 1 saturated heterocycles. The summed E-state index contributed by atoms with van der Waals surface area (Å²) in [5.41, 5.74) is 0.821. The minimum atomic E-state index is -1.43. The predicted molar refractivity (Wildman–Crippen MR) is 147 cm³/mol. The molecule has 1 saturated carbocycles. The summed E-state index contributed by atoms with van der Waals surface area (Å²) < 4.78 is 41.1. The van der Waals surface area contributed by atoms with Gasteiger partial charge in [0.05, 0.1) is 36.6 Å². The van der Waals surface area contributed by atoms with Crippen LogP contribution < -0.4 is 4.90 Å². The van der Waals surface area contributed by atoms with Crippen LogP contribution in [0.4, 0.5) is 14.5 Å². The monoisotopic (exact) mass is 647 g/mol. The summed E-state index contributed by atoms with van der Waals surface area (Å²) in [5, 5.41) is 49.7. The van der Waals surface area contributed by atoms with E-state index in [-0.39, 0.29) is 16.8 Å². The third kappa shape index (κ3) is 5.81. The van der Waals surface area contributed by atoms with Crippen molar-refractivity contribution in [1.29, 1.82) is 5.26 Å². The van der Waals surface area contributed by atoms with E-state index >= 15 is 0 Å². The fourth-order valence-corrected chi connectivity index (χ4v) is 6.22. The third-order valence-electron chi connectivity index (χ3n) is 7.66. The molecule has 2 fully saturated rings. The molecular formula is C28H28BrF2N5O6. The SMILES string of the molecule is CO[C@@H]1[C@@H](n2cc(-c3cc(F)cc(F)c3)nn2)[C@@H](O)[C@@H](CO)O[C@H]1C(=O)N(c1cc(Br)cc(C#N)c1)[C@@H]1CCC[C@H]1O. The first-order chi connectivity index (χ1) is 20.1. The van der Waals surface area contributed by atoms with Crippen LogP contribution in [-0.2, 0) is 14.3 Å². The normalized spacial score (nSPS) is 27.5. The first kappa shape index (κ1) is 30.1. The molecule has 42 heavy (non-hydrogen) atoms. The zero-order valence-electron chi connectivity index (χ0n) is 22.3. The maximum absolute atomic E-state index is 14.4. The molecular weight excluding hydrogens is 620 g/mol. The molecule has 7 atom stereocenters. The first-order valence-electron chi connectivity index (χ1n) is 13.2. The molecule has 1 aliphatic heterocycles. The lowest BCUT2D eigenvalue weighted by Crippen LogP contribution is -2.62. The Morgan fingerprint density at radius 1 is 1.21 bits per heavy atom. The van der Waals surface area contributed by atoms with Gasteiger partial charge in [-0.25, -0.2) is 13.5 Å². The second-order valence-corrected chi connectivity index (χ2v) is 11.2. The Kier molecular flexibility index (Phi) is 8.97. The maximum atomic E-state index is 14.4. The minimum absolute atomic E-state index is 0.0965. The van der Waals surface area contributed by atoms with Gasteiger partial charge in [-0.2, -0.15) is 5.26 Å². The van der Waals surface area contributed by atoms with Crippen molar-refractivity contribution in [3.05, 3.63) is 64.3 Å². The van der Waals surface area contributed by atoms with Crippen LogP contribution in [0.15, 0.2) is 47.1 Å². The summed E-state index contributed by atoms with van der Waals surface area (Å²) in [7, 11) is 1.31. The number of ether oxygens (including phenoxy) is 2. The van der Waals surface area contributed by atoms with Gasteiger partial charge in [0, 0.05) is 28.9 Å². The Morgan fingerprint density at radius 2 is 1.95 bits per heavy atom.